The zero-order chi connectivity index (χ0) is 20.0. The van der Waals surface area contributed by atoms with Crippen molar-refractivity contribution in [3.05, 3.63) is 70.5 Å². The maximum atomic E-state index is 14.1. The number of benzene rings is 2. The normalized spacial score (nSPS) is 28.3. The number of likely N-dealkylation sites (tertiary alicyclic amines) is 1. The number of nitrogens with zero attached hydrogens (tertiary/aromatic N) is 1. The molecule has 0 spiro atoms. The minimum atomic E-state index is -0.207. The molecular weight excluding hydrogens is 369 g/mol. The van der Waals surface area contributed by atoms with Crippen LogP contribution in [0.1, 0.15) is 47.1 Å². The summed E-state index contributed by atoms with van der Waals surface area (Å²) in [6.45, 7) is 2.41. The van der Waals surface area contributed by atoms with Crippen LogP contribution in [0.15, 0.2) is 42.5 Å². The third-order valence-corrected chi connectivity index (χ3v) is 6.74. The first-order valence-corrected chi connectivity index (χ1v) is 10.4. The summed E-state index contributed by atoms with van der Waals surface area (Å²) in [5, 5.41) is 0. The van der Waals surface area contributed by atoms with E-state index in [1.807, 2.05) is 6.07 Å². The summed E-state index contributed by atoms with van der Waals surface area (Å²) in [6.07, 6.45) is 2.52. The lowest BCUT2D eigenvalue weighted by Crippen LogP contribution is -2.31. The molecule has 4 atom stereocenters. The SMILES string of the molecule is COC(=O)C1CCN(C[C@H]2C[C@@H]3c4ccccc4Cc4ccc(F)cc4[C@@H]3O2)C1. The van der Waals surface area contributed by atoms with Crippen molar-refractivity contribution >= 4 is 5.97 Å². The number of carbonyl (C=O) groups is 1. The lowest BCUT2D eigenvalue weighted by molar-refractivity contribution is -0.145. The van der Waals surface area contributed by atoms with E-state index in [4.69, 9.17) is 9.47 Å². The number of hydrogen-bond acceptors (Lipinski definition) is 4. The maximum absolute atomic E-state index is 14.1. The van der Waals surface area contributed by atoms with E-state index >= 15 is 0 Å². The molecule has 0 aromatic heterocycles. The molecule has 2 aliphatic heterocycles. The molecule has 1 unspecified atom stereocenters. The monoisotopic (exact) mass is 395 g/mol. The van der Waals surface area contributed by atoms with Gasteiger partial charge in [0.2, 0.25) is 0 Å². The fourth-order valence-electron chi connectivity index (χ4n) is 5.36. The van der Waals surface area contributed by atoms with Gasteiger partial charge in [0.05, 0.1) is 25.2 Å². The Morgan fingerprint density at radius 2 is 2.03 bits per heavy atom. The Hall–Kier alpha value is -2.24. The van der Waals surface area contributed by atoms with Crippen molar-refractivity contribution in [1.29, 1.82) is 0 Å². The Labute approximate surface area is 170 Å². The van der Waals surface area contributed by atoms with Crippen LogP contribution in [0.4, 0.5) is 4.39 Å². The highest BCUT2D eigenvalue weighted by Crippen LogP contribution is 2.49. The fraction of sp³-hybridized carbons (Fsp3) is 0.458. The molecule has 2 aromatic rings. The Morgan fingerprint density at radius 3 is 2.90 bits per heavy atom. The number of carbonyl (C=O) groups excluding carboxylic acids is 1. The van der Waals surface area contributed by atoms with Crippen LogP contribution in [0.3, 0.4) is 0 Å². The number of rotatable bonds is 3. The molecule has 0 radical (unpaired) electrons. The summed E-state index contributed by atoms with van der Waals surface area (Å²) in [5.74, 6) is -0.134. The average Bonchev–Trinajstić information content (AvgIpc) is 3.34. The first-order chi connectivity index (χ1) is 14.1. The van der Waals surface area contributed by atoms with E-state index in [0.717, 1.165) is 50.0 Å². The first-order valence-electron chi connectivity index (χ1n) is 10.4. The second-order valence-electron chi connectivity index (χ2n) is 8.51. The van der Waals surface area contributed by atoms with Gasteiger partial charge in [-0.05, 0) is 60.2 Å². The second kappa shape index (κ2) is 7.54. The Bertz CT molecular complexity index is 930. The van der Waals surface area contributed by atoms with Gasteiger partial charge in [0.25, 0.3) is 0 Å². The third-order valence-electron chi connectivity index (χ3n) is 6.74. The van der Waals surface area contributed by atoms with Crippen LogP contribution in [0.25, 0.3) is 0 Å². The van der Waals surface area contributed by atoms with E-state index < -0.39 is 0 Å². The summed E-state index contributed by atoms with van der Waals surface area (Å²) >= 11 is 0. The topological polar surface area (TPSA) is 38.8 Å². The summed E-state index contributed by atoms with van der Waals surface area (Å²) in [5.41, 5.74) is 4.77. The molecule has 3 aliphatic rings. The van der Waals surface area contributed by atoms with Crippen LogP contribution in [-0.4, -0.2) is 43.7 Å². The summed E-state index contributed by atoms with van der Waals surface area (Å²) < 4.78 is 25.5. The van der Waals surface area contributed by atoms with E-state index in [1.54, 1.807) is 12.1 Å². The lowest BCUT2D eigenvalue weighted by atomic mass is 9.87. The Balaban J connectivity index is 1.40. The van der Waals surface area contributed by atoms with Crippen LogP contribution in [-0.2, 0) is 20.7 Å². The molecule has 1 aliphatic carbocycles. The quantitative estimate of drug-likeness (QED) is 0.741. The van der Waals surface area contributed by atoms with Gasteiger partial charge in [0.1, 0.15) is 5.82 Å². The molecule has 0 amide bonds. The van der Waals surface area contributed by atoms with Crippen LogP contribution < -0.4 is 0 Å². The highest BCUT2D eigenvalue weighted by molar-refractivity contribution is 5.72. The number of ether oxygens (including phenoxy) is 2. The summed E-state index contributed by atoms with van der Waals surface area (Å²) in [6, 6.07) is 13.6. The van der Waals surface area contributed by atoms with E-state index in [2.05, 4.69) is 29.2 Å². The van der Waals surface area contributed by atoms with Gasteiger partial charge in [-0.2, -0.15) is 0 Å². The summed E-state index contributed by atoms with van der Waals surface area (Å²) in [7, 11) is 1.45. The van der Waals surface area contributed by atoms with Crippen LogP contribution >= 0.6 is 0 Å². The van der Waals surface area contributed by atoms with E-state index in [-0.39, 0.29) is 35.8 Å². The molecule has 5 heteroatoms. The third kappa shape index (κ3) is 3.47. The number of methoxy groups -OCH3 is 1. The van der Waals surface area contributed by atoms with Gasteiger partial charge < -0.3 is 9.47 Å². The maximum Gasteiger partial charge on any atom is 0.310 e. The van der Waals surface area contributed by atoms with Crippen molar-refractivity contribution in [3.63, 3.8) is 0 Å². The minimum Gasteiger partial charge on any atom is -0.469 e. The van der Waals surface area contributed by atoms with Crippen molar-refractivity contribution in [3.8, 4) is 0 Å². The van der Waals surface area contributed by atoms with Gasteiger partial charge in [-0.1, -0.05) is 30.3 Å². The van der Waals surface area contributed by atoms with Crippen molar-refractivity contribution in [2.75, 3.05) is 26.7 Å². The van der Waals surface area contributed by atoms with Gasteiger partial charge in [-0.25, -0.2) is 4.39 Å². The standard InChI is InChI=1S/C24H26FNO3/c1-28-24(27)17-8-9-26(13-17)14-19-12-22-20-5-3-2-4-15(20)10-16-6-7-18(25)11-21(16)23(22)29-19/h2-7,11,17,19,22-23H,8-10,12-14H2,1H3/t17?,19-,22-,23+/m1/s1. The van der Waals surface area contributed by atoms with Crippen LogP contribution in [0.5, 0.6) is 0 Å². The van der Waals surface area contributed by atoms with Crippen LogP contribution in [0.2, 0.25) is 0 Å². The molecule has 2 saturated heterocycles. The highest BCUT2D eigenvalue weighted by Gasteiger charge is 2.42. The van der Waals surface area contributed by atoms with Gasteiger partial charge in [0, 0.05) is 19.0 Å². The molecule has 2 heterocycles. The number of hydrogen-bond donors (Lipinski definition) is 0. The van der Waals surface area contributed by atoms with Gasteiger partial charge >= 0.3 is 5.97 Å². The molecule has 5 rings (SSSR count). The molecule has 152 valence electrons. The second-order valence-corrected chi connectivity index (χ2v) is 8.51. The van der Waals surface area contributed by atoms with Crippen molar-refractivity contribution in [2.24, 2.45) is 5.92 Å². The number of halogens is 1. The molecule has 29 heavy (non-hydrogen) atoms. The molecule has 2 fully saturated rings. The van der Waals surface area contributed by atoms with Gasteiger partial charge in [-0.3, -0.25) is 9.69 Å². The largest absolute Gasteiger partial charge is 0.469 e. The lowest BCUT2D eigenvalue weighted by Gasteiger charge is -2.21. The summed E-state index contributed by atoms with van der Waals surface area (Å²) in [4.78, 5) is 14.1. The smallest absolute Gasteiger partial charge is 0.310 e. The molecule has 0 bridgehead atoms. The van der Waals surface area contributed by atoms with Gasteiger partial charge in [-0.15, -0.1) is 0 Å². The minimum absolute atomic E-state index is 0.0394. The molecule has 2 aromatic carbocycles. The Morgan fingerprint density at radius 1 is 1.21 bits per heavy atom. The Kier molecular flexibility index (Phi) is 4.88. The van der Waals surface area contributed by atoms with E-state index in [1.165, 1.54) is 18.2 Å². The molecule has 0 N–H and O–H groups in total. The van der Waals surface area contributed by atoms with Crippen molar-refractivity contribution in [1.82, 2.24) is 4.90 Å². The van der Waals surface area contributed by atoms with Crippen LogP contribution in [0, 0.1) is 11.7 Å². The molecular formula is C24H26FNO3. The van der Waals surface area contributed by atoms with Gasteiger partial charge in [0.15, 0.2) is 0 Å². The zero-order valence-electron chi connectivity index (χ0n) is 16.6. The number of fused-ring (bicyclic) bond motifs is 5. The molecule has 0 saturated carbocycles. The average molecular weight is 395 g/mol. The predicted molar refractivity (Wildman–Crippen MR) is 107 cm³/mol. The number of esters is 1. The fourth-order valence-corrected chi connectivity index (χ4v) is 5.36. The predicted octanol–water partition coefficient (Wildman–Crippen LogP) is 3.84. The van der Waals surface area contributed by atoms with E-state index in [0.29, 0.717) is 0 Å². The van der Waals surface area contributed by atoms with E-state index in [9.17, 15) is 9.18 Å². The highest BCUT2D eigenvalue weighted by atomic mass is 19.1. The van der Waals surface area contributed by atoms with Crippen molar-refractivity contribution < 1.29 is 18.7 Å². The first kappa shape index (κ1) is 18.8. The van der Waals surface area contributed by atoms with Crippen molar-refractivity contribution in [2.45, 2.75) is 37.4 Å². The molecule has 4 nitrogen and oxygen atoms in total. The zero-order valence-corrected chi connectivity index (χ0v) is 16.6.